The van der Waals surface area contributed by atoms with Gasteiger partial charge in [0.2, 0.25) is 5.91 Å². The molecule has 2 heterocycles. The van der Waals surface area contributed by atoms with Gasteiger partial charge in [-0.25, -0.2) is 0 Å². The van der Waals surface area contributed by atoms with Gasteiger partial charge in [-0.2, -0.15) is 0 Å². The quantitative estimate of drug-likeness (QED) is 0.824. The Kier molecular flexibility index (Phi) is 5.51. The molecule has 0 aromatic carbocycles. The van der Waals surface area contributed by atoms with Crippen molar-refractivity contribution in [3.05, 3.63) is 18.4 Å². The van der Waals surface area contributed by atoms with E-state index in [4.69, 9.17) is 4.42 Å². The zero-order valence-electron chi connectivity index (χ0n) is 15.2. The summed E-state index contributed by atoms with van der Waals surface area (Å²) in [6.07, 6.45) is 5.13. The predicted molar refractivity (Wildman–Crippen MR) is 98.1 cm³/mol. The first-order chi connectivity index (χ1) is 12.0. The van der Waals surface area contributed by atoms with E-state index >= 15 is 0 Å². The standard InChI is InChI=1S/C18H26N4O2S/c1-11-7-5-8-14(12(11)2)19-17(23)13(3)25-18-21-20-16(22(18)4)15-9-6-10-24-15/h6,9-14H,5,7-8H2,1-4H3,(H,19,23)/t11-,12-,13-,14+/m1/s1. The number of thioether (sulfide) groups is 1. The summed E-state index contributed by atoms with van der Waals surface area (Å²) in [7, 11) is 1.88. The minimum atomic E-state index is -0.225. The minimum absolute atomic E-state index is 0.0681. The Morgan fingerprint density at radius 2 is 2.20 bits per heavy atom. The summed E-state index contributed by atoms with van der Waals surface area (Å²) in [6.45, 7) is 6.43. The van der Waals surface area contributed by atoms with Crippen LogP contribution in [0, 0.1) is 11.8 Å². The number of furan rings is 1. The average molecular weight is 362 g/mol. The van der Waals surface area contributed by atoms with Crippen molar-refractivity contribution in [3.8, 4) is 11.6 Å². The van der Waals surface area contributed by atoms with Gasteiger partial charge in [0.15, 0.2) is 16.7 Å². The normalized spacial score (nSPS) is 24.9. The summed E-state index contributed by atoms with van der Waals surface area (Å²) >= 11 is 1.42. The molecule has 6 nitrogen and oxygen atoms in total. The SMILES string of the molecule is C[C@@H]1[C@H](C)CCC[C@@H]1NC(=O)[C@@H](C)Sc1nnc(-c2ccco2)n1C. The number of nitrogens with one attached hydrogen (secondary N) is 1. The Morgan fingerprint density at radius 3 is 2.92 bits per heavy atom. The molecule has 2 aromatic rings. The molecule has 1 N–H and O–H groups in total. The molecular weight excluding hydrogens is 336 g/mol. The van der Waals surface area contributed by atoms with Crippen LogP contribution in [0.5, 0.6) is 0 Å². The van der Waals surface area contributed by atoms with E-state index in [1.165, 1.54) is 24.6 Å². The lowest BCUT2D eigenvalue weighted by Crippen LogP contribution is -2.46. The van der Waals surface area contributed by atoms with E-state index in [1.54, 1.807) is 6.26 Å². The Balaban J connectivity index is 1.62. The van der Waals surface area contributed by atoms with Crippen LogP contribution < -0.4 is 5.32 Å². The fourth-order valence-electron chi connectivity index (χ4n) is 3.34. The highest BCUT2D eigenvalue weighted by Gasteiger charge is 2.30. The molecule has 1 saturated carbocycles. The molecule has 0 unspecified atom stereocenters. The zero-order chi connectivity index (χ0) is 18.0. The van der Waals surface area contributed by atoms with Crippen molar-refractivity contribution in [2.24, 2.45) is 18.9 Å². The third-order valence-electron chi connectivity index (χ3n) is 5.26. The molecule has 0 radical (unpaired) electrons. The van der Waals surface area contributed by atoms with Crippen molar-refractivity contribution in [2.45, 2.75) is 56.5 Å². The number of carbonyl (C=O) groups excluding carboxylic acids is 1. The van der Waals surface area contributed by atoms with E-state index in [1.807, 2.05) is 30.7 Å². The molecule has 0 aliphatic heterocycles. The van der Waals surface area contributed by atoms with Gasteiger partial charge in [-0.3, -0.25) is 4.79 Å². The fraction of sp³-hybridized carbons (Fsp3) is 0.611. The van der Waals surface area contributed by atoms with Crippen LogP contribution in [0.3, 0.4) is 0 Å². The van der Waals surface area contributed by atoms with Crippen molar-refractivity contribution in [3.63, 3.8) is 0 Å². The Bertz CT molecular complexity index is 713. The number of hydrogen-bond acceptors (Lipinski definition) is 5. The molecular formula is C18H26N4O2S. The minimum Gasteiger partial charge on any atom is -0.461 e. The van der Waals surface area contributed by atoms with Gasteiger partial charge in [0, 0.05) is 13.1 Å². The van der Waals surface area contributed by atoms with Crippen LogP contribution in [0.1, 0.15) is 40.0 Å². The second-order valence-electron chi connectivity index (χ2n) is 6.98. The van der Waals surface area contributed by atoms with Gasteiger partial charge in [0.1, 0.15) is 0 Å². The van der Waals surface area contributed by atoms with Crippen LogP contribution in [0.4, 0.5) is 0 Å². The van der Waals surface area contributed by atoms with E-state index < -0.39 is 0 Å². The topological polar surface area (TPSA) is 73.0 Å². The number of nitrogens with zero attached hydrogens (tertiary/aromatic N) is 3. The monoisotopic (exact) mass is 362 g/mol. The zero-order valence-corrected chi connectivity index (χ0v) is 16.0. The van der Waals surface area contributed by atoms with E-state index in [0.717, 1.165) is 6.42 Å². The first-order valence-electron chi connectivity index (χ1n) is 8.87. The number of aromatic nitrogens is 3. The van der Waals surface area contributed by atoms with Crippen LogP contribution in [0.15, 0.2) is 28.0 Å². The van der Waals surface area contributed by atoms with Crippen molar-refractivity contribution < 1.29 is 9.21 Å². The number of hydrogen-bond donors (Lipinski definition) is 1. The number of amides is 1. The van der Waals surface area contributed by atoms with Gasteiger partial charge in [0.25, 0.3) is 0 Å². The Labute approximate surface area is 152 Å². The molecule has 1 fully saturated rings. The lowest BCUT2D eigenvalue weighted by atomic mass is 9.78. The summed E-state index contributed by atoms with van der Waals surface area (Å²) in [5.41, 5.74) is 0. The van der Waals surface area contributed by atoms with Crippen LogP contribution >= 0.6 is 11.8 Å². The molecule has 2 aromatic heterocycles. The Hall–Kier alpha value is -1.76. The highest BCUT2D eigenvalue weighted by Crippen LogP contribution is 2.30. The second kappa shape index (κ2) is 7.64. The van der Waals surface area contributed by atoms with Crippen LogP contribution in [0.2, 0.25) is 0 Å². The highest BCUT2D eigenvalue weighted by atomic mass is 32.2. The molecule has 0 saturated heterocycles. The van der Waals surface area contributed by atoms with Crippen molar-refractivity contribution >= 4 is 17.7 Å². The van der Waals surface area contributed by atoms with Gasteiger partial charge in [-0.05, 0) is 37.3 Å². The Morgan fingerprint density at radius 1 is 1.40 bits per heavy atom. The highest BCUT2D eigenvalue weighted by molar-refractivity contribution is 8.00. The summed E-state index contributed by atoms with van der Waals surface area (Å²) in [5, 5.41) is 12.1. The molecule has 1 aliphatic carbocycles. The average Bonchev–Trinajstić information content (AvgIpc) is 3.22. The van der Waals surface area contributed by atoms with Crippen molar-refractivity contribution in [2.75, 3.05) is 0 Å². The largest absolute Gasteiger partial charge is 0.461 e. The number of rotatable bonds is 5. The molecule has 1 aliphatic rings. The summed E-state index contributed by atoms with van der Waals surface area (Å²) in [6, 6.07) is 3.94. The molecule has 7 heteroatoms. The van der Waals surface area contributed by atoms with Crippen molar-refractivity contribution in [1.29, 1.82) is 0 Å². The van der Waals surface area contributed by atoms with E-state index in [9.17, 15) is 4.79 Å². The summed E-state index contributed by atoms with van der Waals surface area (Å²) in [5.74, 6) is 2.59. The lowest BCUT2D eigenvalue weighted by molar-refractivity contribution is -0.121. The third-order valence-corrected chi connectivity index (χ3v) is 6.40. The molecule has 0 spiro atoms. The fourth-order valence-corrected chi connectivity index (χ4v) is 4.16. The van der Waals surface area contributed by atoms with Gasteiger partial charge in [-0.15, -0.1) is 10.2 Å². The van der Waals surface area contributed by atoms with Gasteiger partial charge in [-0.1, -0.05) is 38.5 Å². The third kappa shape index (κ3) is 3.92. The smallest absolute Gasteiger partial charge is 0.233 e. The van der Waals surface area contributed by atoms with Crippen LogP contribution in [-0.2, 0) is 11.8 Å². The van der Waals surface area contributed by atoms with Gasteiger partial charge >= 0.3 is 0 Å². The molecule has 0 bridgehead atoms. The van der Waals surface area contributed by atoms with E-state index in [2.05, 4.69) is 29.4 Å². The molecule has 3 rings (SSSR count). The van der Waals surface area contributed by atoms with Crippen LogP contribution in [0.25, 0.3) is 11.6 Å². The summed E-state index contributed by atoms with van der Waals surface area (Å²) in [4.78, 5) is 12.6. The predicted octanol–water partition coefficient (Wildman–Crippen LogP) is 3.50. The molecule has 25 heavy (non-hydrogen) atoms. The first-order valence-corrected chi connectivity index (χ1v) is 9.75. The maximum atomic E-state index is 12.6. The van der Waals surface area contributed by atoms with Crippen LogP contribution in [-0.4, -0.2) is 32.0 Å². The first kappa shape index (κ1) is 18.0. The maximum absolute atomic E-state index is 12.6. The van der Waals surface area contributed by atoms with Gasteiger partial charge in [0.05, 0.1) is 11.5 Å². The molecule has 136 valence electrons. The van der Waals surface area contributed by atoms with E-state index in [-0.39, 0.29) is 17.2 Å². The molecule has 4 atom stereocenters. The van der Waals surface area contributed by atoms with Gasteiger partial charge < -0.3 is 14.3 Å². The maximum Gasteiger partial charge on any atom is 0.233 e. The van der Waals surface area contributed by atoms with Crippen molar-refractivity contribution in [1.82, 2.24) is 20.1 Å². The second-order valence-corrected chi connectivity index (χ2v) is 8.29. The summed E-state index contributed by atoms with van der Waals surface area (Å²) < 4.78 is 7.24. The number of carbonyl (C=O) groups is 1. The molecule has 1 amide bonds. The lowest BCUT2D eigenvalue weighted by Gasteiger charge is -2.35. The van der Waals surface area contributed by atoms with E-state index in [0.29, 0.717) is 28.6 Å².